The van der Waals surface area contributed by atoms with Gasteiger partial charge in [-0.3, -0.25) is 9.69 Å². The Hall–Kier alpha value is -3.07. The number of hydrogen-bond donors (Lipinski definition) is 3. The average molecular weight is 511 g/mol. The van der Waals surface area contributed by atoms with Gasteiger partial charge in [0.25, 0.3) is 5.91 Å². The van der Waals surface area contributed by atoms with Crippen LogP contribution in [0.5, 0.6) is 5.75 Å². The van der Waals surface area contributed by atoms with E-state index >= 15 is 0 Å². The fraction of sp³-hybridized carbons (Fsp3) is 0.407. The number of halogens is 1. The van der Waals surface area contributed by atoms with E-state index in [9.17, 15) is 9.90 Å². The van der Waals surface area contributed by atoms with E-state index in [4.69, 9.17) is 20.8 Å². The van der Waals surface area contributed by atoms with Crippen LogP contribution in [0.2, 0.25) is 5.02 Å². The van der Waals surface area contributed by atoms with Crippen LogP contribution < -0.4 is 15.4 Å². The van der Waals surface area contributed by atoms with Crippen molar-refractivity contribution >= 4 is 23.2 Å². The van der Waals surface area contributed by atoms with Crippen molar-refractivity contribution in [3.8, 4) is 5.75 Å². The third-order valence-corrected chi connectivity index (χ3v) is 7.21. The summed E-state index contributed by atoms with van der Waals surface area (Å²) in [6.07, 6.45) is 6.67. The van der Waals surface area contributed by atoms with Crippen LogP contribution in [0.15, 0.2) is 53.4 Å². The number of hydrogen-bond acceptors (Lipinski definition) is 7. The zero-order chi connectivity index (χ0) is 24.9. The van der Waals surface area contributed by atoms with E-state index in [1.165, 1.54) is 25.7 Å². The maximum atomic E-state index is 12.6. The molecule has 0 unspecified atom stereocenters. The first-order valence-electron chi connectivity index (χ1n) is 12.4. The zero-order valence-corrected chi connectivity index (χ0v) is 20.8. The number of anilines is 1. The van der Waals surface area contributed by atoms with Crippen LogP contribution in [0.1, 0.15) is 46.5 Å². The molecule has 0 radical (unpaired) electrons. The van der Waals surface area contributed by atoms with E-state index in [1.54, 1.807) is 12.3 Å². The van der Waals surface area contributed by atoms with Gasteiger partial charge in [-0.15, -0.1) is 0 Å². The predicted octanol–water partition coefficient (Wildman–Crippen LogP) is 4.02. The Balaban J connectivity index is 1.10. The molecule has 1 atom stereocenters. The van der Waals surface area contributed by atoms with E-state index in [0.29, 0.717) is 41.2 Å². The third kappa shape index (κ3) is 6.00. The highest BCUT2D eigenvalue weighted by Crippen LogP contribution is 2.34. The van der Waals surface area contributed by atoms with Crippen LogP contribution in [-0.4, -0.2) is 52.7 Å². The summed E-state index contributed by atoms with van der Waals surface area (Å²) in [5, 5.41) is 17.5. The highest BCUT2D eigenvalue weighted by molar-refractivity contribution is 6.33. The molecular formula is C27H31ClN4O4. The van der Waals surface area contributed by atoms with E-state index in [0.717, 1.165) is 29.8 Å². The average Bonchev–Trinajstić information content (AvgIpc) is 3.38. The number of carbonyl (C=O) groups is 1. The highest BCUT2D eigenvalue weighted by atomic mass is 35.5. The van der Waals surface area contributed by atoms with Gasteiger partial charge < -0.3 is 24.9 Å². The smallest absolute Gasteiger partial charge is 0.251 e. The number of carbonyl (C=O) groups excluding carboxylic acids is 1. The molecule has 2 aromatic carbocycles. The Kier molecular flexibility index (Phi) is 7.75. The summed E-state index contributed by atoms with van der Waals surface area (Å²) in [5.41, 5.74) is 3.74. The minimum Gasteiger partial charge on any atom is -0.484 e. The number of fused-ring (bicyclic) bond motifs is 1. The molecule has 5 rings (SSSR count). The molecule has 1 aliphatic heterocycles. The zero-order valence-electron chi connectivity index (χ0n) is 20.1. The molecular weight excluding hydrogens is 480 g/mol. The molecule has 1 saturated carbocycles. The lowest BCUT2D eigenvalue weighted by molar-refractivity contribution is 0.0841. The molecule has 0 saturated heterocycles. The first-order valence-corrected chi connectivity index (χ1v) is 12.8. The summed E-state index contributed by atoms with van der Waals surface area (Å²) in [6.45, 7) is 2.36. The van der Waals surface area contributed by atoms with Crippen molar-refractivity contribution in [3.63, 3.8) is 0 Å². The Bertz CT molecular complexity index is 1180. The number of ether oxygens (including phenoxy) is 1. The lowest BCUT2D eigenvalue weighted by Crippen LogP contribution is -2.42. The summed E-state index contributed by atoms with van der Waals surface area (Å²) in [4.78, 5) is 18.7. The van der Waals surface area contributed by atoms with Crippen molar-refractivity contribution in [2.45, 2.75) is 51.0 Å². The summed E-state index contributed by atoms with van der Waals surface area (Å²) in [6, 6.07) is 11.9. The standard InChI is InChI=1S/C27H31ClN4O4/c28-26-24-9-10-32(14-19(24)7-8-25(26)35-16-23-13-29-17-36-23)15-22(33)12-30-27(34)18-3-1-6-21(11-18)31-20-4-2-5-20/h1,3,6-8,11,13,17,20,22,31,33H,2,4-5,9-10,12,14-16H2,(H,30,34)/t22-/m0/s1. The molecule has 1 fully saturated rings. The summed E-state index contributed by atoms with van der Waals surface area (Å²) >= 11 is 6.62. The van der Waals surface area contributed by atoms with Gasteiger partial charge in [0, 0.05) is 43.5 Å². The summed E-state index contributed by atoms with van der Waals surface area (Å²) in [7, 11) is 0. The molecule has 1 amide bonds. The van der Waals surface area contributed by atoms with Crippen LogP contribution >= 0.6 is 11.6 Å². The number of rotatable bonds is 10. The number of benzene rings is 2. The monoisotopic (exact) mass is 510 g/mol. The fourth-order valence-electron chi connectivity index (χ4n) is 4.59. The highest BCUT2D eigenvalue weighted by Gasteiger charge is 2.23. The molecule has 3 aromatic rings. The van der Waals surface area contributed by atoms with Crippen molar-refractivity contribution in [1.29, 1.82) is 0 Å². The largest absolute Gasteiger partial charge is 0.484 e. The SMILES string of the molecule is O=C(NC[C@H](O)CN1CCc2c(ccc(OCc3cnco3)c2Cl)C1)c1cccc(NC2CCC2)c1. The number of aromatic nitrogens is 1. The minimum atomic E-state index is -0.674. The summed E-state index contributed by atoms with van der Waals surface area (Å²) < 4.78 is 11.0. The Morgan fingerprint density at radius 3 is 2.97 bits per heavy atom. The van der Waals surface area contributed by atoms with Crippen molar-refractivity contribution in [1.82, 2.24) is 15.2 Å². The lowest BCUT2D eigenvalue weighted by atomic mass is 9.93. The number of nitrogens with zero attached hydrogens (tertiary/aromatic N) is 2. The van der Waals surface area contributed by atoms with E-state index < -0.39 is 6.10 Å². The van der Waals surface area contributed by atoms with Gasteiger partial charge in [-0.1, -0.05) is 23.7 Å². The normalized spacial score (nSPS) is 16.6. The van der Waals surface area contributed by atoms with Crippen LogP contribution in [0.3, 0.4) is 0 Å². The quantitative estimate of drug-likeness (QED) is 0.379. The second-order valence-electron chi connectivity index (χ2n) is 9.47. The van der Waals surface area contributed by atoms with Crippen molar-refractivity contribution in [3.05, 3.63) is 76.5 Å². The van der Waals surface area contributed by atoms with Gasteiger partial charge in [-0.25, -0.2) is 4.98 Å². The van der Waals surface area contributed by atoms with Gasteiger partial charge in [0.05, 0.1) is 17.3 Å². The fourth-order valence-corrected chi connectivity index (χ4v) is 4.92. The first kappa shape index (κ1) is 24.6. The van der Waals surface area contributed by atoms with Crippen LogP contribution in [0.25, 0.3) is 0 Å². The summed E-state index contributed by atoms with van der Waals surface area (Å²) in [5.74, 6) is 1.07. The van der Waals surface area contributed by atoms with Crippen LogP contribution in [0.4, 0.5) is 5.69 Å². The Morgan fingerprint density at radius 1 is 1.31 bits per heavy atom. The maximum absolute atomic E-state index is 12.6. The maximum Gasteiger partial charge on any atom is 0.251 e. The minimum absolute atomic E-state index is 0.181. The van der Waals surface area contributed by atoms with Crippen molar-refractivity contribution < 1.29 is 19.1 Å². The van der Waals surface area contributed by atoms with Crippen molar-refractivity contribution in [2.24, 2.45) is 0 Å². The molecule has 2 heterocycles. The molecule has 8 nitrogen and oxygen atoms in total. The molecule has 0 bridgehead atoms. The Morgan fingerprint density at radius 2 is 2.19 bits per heavy atom. The number of aliphatic hydroxyl groups excluding tert-OH is 1. The number of β-amino-alcohol motifs (C(OH)–C–C–N with tert-alkyl or cyclic N) is 1. The lowest BCUT2D eigenvalue weighted by Gasteiger charge is -2.31. The van der Waals surface area contributed by atoms with E-state index in [1.807, 2.05) is 30.3 Å². The van der Waals surface area contributed by atoms with Crippen LogP contribution in [-0.2, 0) is 19.6 Å². The van der Waals surface area contributed by atoms with Crippen LogP contribution in [0, 0.1) is 0 Å². The molecule has 190 valence electrons. The van der Waals surface area contributed by atoms with E-state index in [-0.39, 0.29) is 19.1 Å². The molecule has 0 spiro atoms. The molecule has 1 aromatic heterocycles. The van der Waals surface area contributed by atoms with Gasteiger partial charge in [-0.2, -0.15) is 0 Å². The predicted molar refractivity (Wildman–Crippen MR) is 137 cm³/mol. The molecule has 1 aliphatic carbocycles. The Labute approximate surface area is 215 Å². The number of amides is 1. The first-order chi connectivity index (χ1) is 17.5. The molecule has 2 aliphatic rings. The number of aliphatic hydroxyl groups is 1. The second kappa shape index (κ2) is 11.3. The van der Waals surface area contributed by atoms with Crippen molar-refractivity contribution in [2.75, 3.05) is 25.0 Å². The molecule has 9 heteroatoms. The third-order valence-electron chi connectivity index (χ3n) is 6.80. The number of nitrogens with one attached hydrogen (secondary N) is 2. The number of oxazole rings is 1. The molecule has 36 heavy (non-hydrogen) atoms. The van der Waals surface area contributed by atoms with Gasteiger partial charge in [0.1, 0.15) is 12.4 Å². The van der Waals surface area contributed by atoms with Gasteiger partial charge >= 0.3 is 0 Å². The topological polar surface area (TPSA) is 99.9 Å². The van der Waals surface area contributed by atoms with Gasteiger partial charge in [-0.05, 0) is 61.1 Å². The van der Waals surface area contributed by atoms with Gasteiger partial charge in [0.15, 0.2) is 12.2 Å². The second-order valence-corrected chi connectivity index (χ2v) is 9.85. The molecule has 3 N–H and O–H groups in total. The van der Waals surface area contributed by atoms with E-state index in [2.05, 4.69) is 20.5 Å². The van der Waals surface area contributed by atoms with Gasteiger partial charge in [0.2, 0.25) is 0 Å².